The third-order valence-corrected chi connectivity index (χ3v) is 9.04. The number of nitrogens with one attached hydrogen (secondary N) is 1. The molecule has 218 valence electrons. The van der Waals surface area contributed by atoms with Gasteiger partial charge in [-0.15, -0.1) is 0 Å². The summed E-state index contributed by atoms with van der Waals surface area (Å²) in [5, 5.41) is 14.1. The number of benzene rings is 2. The number of aromatic nitrogens is 1. The zero-order chi connectivity index (χ0) is 30.1. The van der Waals surface area contributed by atoms with Crippen molar-refractivity contribution in [3.05, 3.63) is 75.9 Å². The molecule has 5 rings (SSSR count). The first-order valence-electron chi connectivity index (χ1n) is 14.8. The Morgan fingerprint density at radius 1 is 1.10 bits per heavy atom. The van der Waals surface area contributed by atoms with Gasteiger partial charge in [-0.3, -0.25) is 4.79 Å². The van der Waals surface area contributed by atoms with Crippen molar-refractivity contribution in [3.63, 3.8) is 0 Å². The highest BCUT2D eigenvalue weighted by atomic mass is 35.5. The smallest absolute Gasteiger partial charge is 0.339 e. The van der Waals surface area contributed by atoms with Gasteiger partial charge in [0.1, 0.15) is 5.54 Å². The van der Waals surface area contributed by atoms with E-state index >= 15 is 0 Å². The van der Waals surface area contributed by atoms with E-state index in [1.165, 1.54) is 0 Å². The predicted octanol–water partition coefficient (Wildman–Crippen LogP) is 7.93. The van der Waals surface area contributed by atoms with Gasteiger partial charge < -0.3 is 10.1 Å². The fraction of sp³-hybridized carbons (Fsp3) is 0.429. The molecule has 42 heavy (non-hydrogen) atoms. The van der Waals surface area contributed by atoms with Crippen LogP contribution in [0.15, 0.2) is 48.5 Å². The first-order valence-corrected chi connectivity index (χ1v) is 15.2. The van der Waals surface area contributed by atoms with Gasteiger partial charge in [0.15, 0.2) is 6.10 Å². The van der Waals surface area contributed by atoms with Crippen molar-refractivity contribution in [2.45, 2.75) is 84.3 Å². The first-order chi connectivity index (χ1) is 20.0. The van der Waals surface area contributed by atoms with Gasteiger partial charge in [-0.2, -0.15) is 5.26 Å². The van der Waals surface area contributed by atoms with Crippen molar-refractivity contribution in [2.75, 3.05) is 0 Å². The Bertz CT molecular complexity index is 1570. The maximum absolute atomic E-state index is 14.0. The molecule has 7 heteroatoms. The van der Waals surface area contributed by atoms with Crippen LogP contribution in [-0.2, 0) is 16.0 Å². The number of rotatable bonds is 5. The number of fused-ring (bicyclic) bond motifs is 2. The molecule has 0 bridgehead atoms. The second-order valence-corrected chi connectivity index (χ2v) is 13.3. The number of amides is 1. The summed E-state index contributed by atoms with van der Waals surface area (Å²) in [6.07, 6.45) is 6.59. The van der Waals surface area contributed by atoms with Gasteiger partial charge >= 0.3 is 5.97 Å². The Balaban J connectivity index is 1.55. The van der Waals surface area contributed by atoms with Crippen molar-refractivity contribution in [2.24, 2.45) is 11.3 Å². The van der Waals surface area contributed by atoms with Gasteiger partial charge in [-0.05, 0) is 84.9 Å². The lowest BCUT2D eigenvalue weighted by molar-refractivity contribution is -0.130. The van der Waals surface area contributed by atoms with Crippen LogP contribution in [0.3, 0.4) is 0 Å². The molecule has 1 aromatic heterocycles. The molecule has 2 aliphatic rings. The second-order valence-electron chi connectivity index (χ2n) is 12.8. The maximum Gasteiger partial charge on any atom is 0.339 e. The summed E-state index contributed by atoms with van der Waals surface area (Å²) in [7, 11) is 0. The number of ether oxygens (including phenoxy) is 1. The Kier molecular flexibility index (Phi) is 8.44. The van der Waals surface area contributed by atoms with Crippen LogP contribution in [0.1, 0.15) is 93.4 Å². The number of pyridine rings is 1. The summed E-state index contributed by atoms with van der Waals surface area (Å²) in [4.78, 5) is 32.3. The molecule has 2 aliphatic carbocycles. The van der Waals surface area contributed by atoms with Gasteiger partial charge in [0.25, 0.3) is 5.91 Å². The first kappa shape index (κ1) is 29.8. The van der Waals surface area contributed by atoms with Crippen LogP contribution in [-0.4, -0.2) is 28.5 Å². The maximum atomic E-state index is 14.0. The number of para-hydroxylation sites is 1. The number of nitriles is 1. The molecule has 1 fully saturated rings. The molecule has 1 heterocycles. The Morgan fingerprint density at radius 3 is 2.45 bits per heavy atom. The Labute approximate surface area is 253 Å². The molecule has 1 saturated carbocycles. The molecular formula is C35H38ClN3O3. The fourth-order valence-electron chi connectivity index (χ4n) is 6.16. The molecule has 2 atom stereocenters. The molecule has 0 aliphatic heterocycles. The van der Waals surface area contributed by atoms with E-state index in [9.17, 15) is 14.9 Å². The van der Waals surface area contributed by atoms with E-state index in [2.05, 4.69) is 38.2 Å². The topological polar surface area (TPSA) is 92.1 Å². The quantitative estimate of drug-likeness (QED) is 0.308. The number of hydrogen-bond donors (Lipinski definition) is 1. The summed E-state index contributed by atoms with van der Waals surface area (Å²) < 4.78 is 5.87. The molecule has 0 unspecified atom stereocenters. The minimum atomic E-state index is -1.06. The number of carbonyl (C=O) groups is 2. The third kappa shape index (κ3) is 6.22. The van der Waals surface area contributed by atoms with E-state index in [-0.39, 0.29) is 11.3 Å². The summed E-state index contributed by atoms with van der Waals surface area (Å²) >= 11 is 6.14. The van der Waals surface area contributed by atoms with Crippen molar-refractivity contribution >= 4 is 46.0 Å². The van der Waals surface area contributed by atoms with Crippen molar-refractivity contribution in [1.29, 1.82) is 5.26 Å². The standard InChI is InChI=1S/C35H38ClN3O3/c1-22(32(40)39-35(21-37)16-8-5-9-17-35)42-33(41)30-27-10-6-7-11-29(27)38-31-24(18-23-12-14-26(36)15-13-23)19-25(20-28(30)31)34(2,3)4/h6-7,10-15,18,22,25H,5,8-9,16-17,19-20H2,1-4H3,(H,39,40)/b24-18+/t22-,25+/m0/s1. The third-order valence-electron chi connectivity index (χ3n) is 8.79. The largest absolute Gasteiger partial charge is 0.449 e. The number of nitrogens with zero attached hydrogens (tertiary/aromatic N) is 2. The monoisotopic (exact) mass is 583 g/mol. The van der Waals surface area contributed by atoms with Crippen molar-refractivity contribution in [3.8, 4) is 6.07 Å². The van der Waals surface area contributed by atoms with Crippen LogP contribution in [0, 0.1) is 22.7 Å². The summed E-state index contributed by atoms with van der Waals surface area (Å²) in [5.41, 5.74) is 3.92. The lowest BCUT2D eigenvalue weighted by Crippen LogP contribution is -2.52. The lowest BCUT2D eigenvalue weighted by atomic mass is 9.69. The number of hydrogen-bond acceptors (Lipinski definition) is 5. The van der Waals surface area contributed by atoms with Gasteiger partial charge in [0.05, 0.1) is 22.8 Å². The molecule has 2 aromatic carbocycles. The highest BCUT2D eigenvalue weighted by molar-refractivity contribution is 6.30. The number of halogens is 1. The van der Waals surface area contributed by atoms with Crippen LogP contribution >= 0.6 is 11.6 Å². The van der Waals surface area contributed by atoms with Crippen LogP contribution < -0.4 is 5.32 Å². The van der Waals surface area contributed by atoms with Gasteiger partial charge in [0.2, 0.25) is 0 Å². The zero-order valence-electron chi connectivity index (χ0n) is 24.8. The van der Waals surface area contributed by atoms with Gasteiger partial charge in [0, 0.05) is 10.4 Å². The average molecular weight is 584 g/mol. The molecule has 1 amide bonds. The van der Waals surface area contributed by atoms with E-state index in [1.807, 2.05) is 48.5 Å². The second kappa shape index (κ2) is 11.9. The molecule has 0 saturated heterocycles. The van der Waals surface area contributed by atoms with E-state index in [4.69, 9.17) is 21.3 Å². The van der Waals surface area contributed by atoms with E-state index in [1.54, 1.807) is 6.92 Å². The highest BCUT2D eigenvalue weighted by Gasteiger charge is 2.38. The minimum absolute atomic E-state index is 0.0254. The summed E-state index contributed by atoms with van der Waals surface area (Å²) in [6, 6.07) is 17.6. The molecular weight excluding hydrogens is 546 g/mol. The lowest BCUT2D eigenvalue weighted by Gasteiger charge is -2.37. The number of allylic oxidation sites excluding steroid dienone is 1. The molecule has 0 radical (unpaired) electrons. The van der Waals surface area contributed by atoms with Crippen LogP contribution in [0.4, 0.5) is 0 Å². The number of esters is 1. The summed E-state index contributed by atoms with van der Waals surface area (Å²) in [5.74, 6) is -0.752. The Morgan fingerprint density at radius 2 is 1.79 bits per heavy atom. The van der Waals surface area contributed by atoms with Crippen molar-refractivity contribution in [1.82, 2.24) is 10.3 Å². The molecule has 1 N–H and O–H groups in total. The molecule has 6 nitrogen and oxygen atoms in total. The fourth-order valence-corrected chi connectivity index (χ4v) is 6.29. The SMILES string of the molecule is C[C@H](OC(=O)c1c2c(nc3ccccc13)/C(=C/c1ccc(Cl)cc1)C[C@@H](C(C)(C)C)C2)C(=O)NC1(C#N)CCCCC1. The van der Waals surface area contributed by atoms with Crippen LogP contribution in [0.25, 0.3) is 22.6 Å². The van der Waals surface area contributed by atoms with Gasteiger partial charge in [-0.1, -0.05) is 82.0 Å². The average Bonchev–Trinajstić information content (AvgIpc) is 2.97. The van der Waals surface area contributed by atoms with E-state index in [0.29, 0.717) is 40.8 Å². The molecule has 3 aromatic rings. The van der Waals surface area contributed by atoms with Crippen LogP contribution in [0.2, 0.25) is 5.02 Å². The zero-order valence-corrected chi connectivity index (χ0v) is 25.6. The Hall–Kier alpha value is -3.69. The number of carbonyl (C=O) groups excluding carboxylic acids is 2. The van der Waals surface area contributed by atoms with Crippen LogP contribution in [0.5, 0.6) is 0 Å². The van der Waals surface area contributed by atoms with E-state index < -0.39 is 23.5 Å². The normalized spacial score (nSPS) is 19.9. The van der Waals surface area contributed by atoms with E-state index in [0.717, 1.165) is 48.1 Å². The van der Waals surface area contributed by atoms with Crippen molar-refractivity contribution < 1.29 is 14.3 Å². The summed E-state index contributed by atoms with van der Waals surface area (Å²) in [6.45, 7) is 8.23. The molecule has 0 spiro atoms. The highest BCUT2D eigenvalue weighted by Crippen LogP contribution is 2.45. The van der Waals surface area contributed by atoms with Gasteiger partial charge in [-0.25, -0.2) is 9.78 Å². The predicted molar refractivity (Wildman–Crippen MR) is 167 cm³/mol. The minimum Gasteiger partial charge on any atom is -0.449 e.